The molecule has 20 heavy (non-hydrogen) atoms. The zero-order valence-electron chi connectivity index (χ0n) is 15.1. The maximum atomic E-state index is 2.30. The summed E-state index contributed by atoms with van der Waals surface area (Å²) < 4.78 is 1.13. The van der Waals surface area contributed by atoms with Crippen molar-refractivity contribution in [3.05, 3.63) is 0 Å². The average Bonchev–Trinajstić information content (AvgIpc) is 2.38. The van der Waals surface area contributed by atoms with E-state index in [1.807, 2.05) is 0 Å². The highest BCUT2D eigenvalue weighted by atomic mass is 28.1. The lowest BCUT2D eigenvalue weighted by atomic mass is 10.0. The summed E-state index contributed by atoms with van der Waals surface area (Å²) in [4.78, 5) is 0. The molecule has 1 nitrogen and oxygen atoms in total. The molecule has 122 valence electrons. The summed E-state index contributed by atoms with van der Waals surface area (Å²) in [7, 11) is 8.29. The Morgan fingerprint density at radius 3 is 1.10 bits per heavy atom. The summed E-state index contributed by atoms with van der Waals surface area (Å²) in [5, 5.41) is 0. The van der Waals surface area contributed by atoms with Gasteiger partial charge in [-0.05, 0) is 12.8 Å². The van der Waals surface area contributed by atoms with E-state index in [0.29, 0.717) is 0 Å². The van der Waals surface area contributed by atoms with Gasteiger partial charge in [-0.2, -0.15) is 0 Å². The first kappa shape index (κ1) is 20.2. The van der Waals surface area contributed by atoms with Crippen LogP contribution in [0.15, 0.2) is 0 Å². The zero-order valence-corrected chi connectivity index (χ0v) is 17.1. The van der Waals surface area contributed by atoms with Crippen LogP contribution >= 0.6 is 0 Å². The van der Waals surface area contributed by atoms with Gasteiger partial charge in [-0.3, -0.25) is 0 Å². The molecule has 0 aliphatic carbocycles. The summed E-state index contributed by atoms with van der Waals surface area (Å²) in [6, 6.07) is 1.51. The fourth-order valence-electron chi connectivity index (χ4n) is 2.78. The van der Waals surface area contributed by atoms with Gasteiger partial charge < -0.3 is 4.48 Å². The van der Waals surface area contributed by atoms with Gasteiger partial charge in [0, 0.05) is 10.2 Å². The van der Waals surface area contributed by atoms with Gasteiger partial charge >= 0.3 is 0 Å². The third-order valence-corrected chi connectivity index (χ3v) is 4.89. The van der Waals surface area contributed by atoms with Gasteiger partial charge in [0.25, 0.3) is 0 Å². The number of rotatable bonds is 15. The van der Waals surface area contributed by atoms with Gasteiger partial charge in [0.2, 0.25) is 0 Å². The van der Waals surface area contributed by atoms with Gasteiger partial charge in [-0.25, -0.2) is 0 Å². The molecule has 0 heterocycles. The fraction of sp³-hybridized carbons (Fsp3) is 1.00. The quantitative estimate of drug-likeness (QED) is 0.236. The molecule has 0 fully saturated rings. The minimum absolute atomic E-state index is 1.13. The number of unbranched alkanes of at least 4 members (excludes halogenated alkanes) is 12. The van der Waals surface area contributed by atoms with Crippen LogP contribution in [0.1, 0.15) is 83.5 Å². The third kappa shape index (κ3) is 18.2. The predicted octanol–water partition coefficient (Wildman–Crippen LogP) is 4.55. The molecule has 0 amide bonds. The highest BCUT2D eigenvalue weighted by molar-refractivity contribution is 6.08. The van der Waals surface area contributed by atoms with Gasteiger partial charge in [0.1, 0.15) is 0 Å². The molecular formula is C18H42NSi+. The second kappa shape index (κ2) is 14.1. The number of hydrogen-bond donors (Lipinski definition) is 0. The molecule has 0 aliphatic heterocycles. The van der Waals surface area contributed by atoms with Gasteiger partial charge in [-0.15, -0.1) is 0 Å². The lowest BCUT2D eigenvalue weighted by Gasteiger charge is -2.23. The summed E-state index contributed by atoms with van der Waals surface area (Å²) in [5.41, 5.74) is 0. The molecule has 0 aromatic rings. The molecule has 0 aromatic carbocycles. The molecule has 0 N–H and O–H groups in total. The van der Waals surface area contributed by atoms with Crippen molar-refractivity contribution < 1.29 is 4.48 Å². The molecule has 0 unspecified atom stereocenters. The minimum Gasteiger partial charge on any atom is -0.331 e. The molecule has 0 aromatic heterocycles. The normalized spacial score (nSPS) is 12.2. The van der Waals surface area contributed by atoms with Gasteiger partial charge in [0.05, 0.1) is 27.7 Å². The van der Waals surface area contributed by atoms with Crippen molar-refractivity contribution >= 4 is 10.2 Å². The Kier molecular flexibility index (Phi) is 14.3. The van der Waals surface area contributed by atoms with Crippen LogP contribution in [0.3, 0.4) is 0 Å². The van der Waals surface area contributed by atoms with Crippen molar-refractivity contribution in [2.45, 2.75) is 89.5 Å². The van der Waals surface area contributed by atoms with E-state index < -0.39 is 0 Å². The lowest BCUT2D eigenvalue weighted by Crippen LogP contribution is -2.35. The highest BCUT2D eigenvalue weighted by Gasteiger charge is 2.04. The molecule has 0 bridgehead atoms. The van der Waals surface area contributed by atoms with Crippen LogP contribution in [-0.4, -0.2) is 42.4 Å². The van der Waals surface area contributed by atoms with E-state index >= 15 is 0 Å². The van der Waals surface area contributed by atoms with E-state index in [9.17, 15) is 0 Å². The molecule has 0 spiro atoms. The predicted molar refractivity (Wildman–Crippen MR) is 97.7 cm³/mol. The Morgan fingerprint density at radius 1 is 0.500 bits per heavy atom. The van der Waals surface area contributed by atoms with Gasteiger partial charge in [0.15, 0.2) is 0 Å². The van der Waals surface area contributed by atoms with E-state index in [4.69, 9.17) is 0 Å². The largest absolute Gasteiger partial charge is 0.331 e. The van der Waals surface area contributed by atoms with Crippen molar-refractivity contribution in [3.8, 4) is 0 Å². The maximum absolute atomic E-state index is 2.30. The van der Waals surface area contributed by atoms with Crippen LogP contribution in [0, 0.1) is 0 Å². The molecule has 0 atom stereocenters. The van der Waals surface area contributed by atoms with E-state index in [1.54, 1.807) is 0 Å². The second-order valence-corrected chi connectivity index (χ2v) is 8.61. The molecule has 2 heteroatoms. The summed E-state index contributed by atoms with van der Waals surface area (Å²) >= 11 is 0. The van der Waals surface area contributed by atoms with E-state index in [1.165, 1.54) is 106 Å². The molecular weight excluding hydrogens is 258 g/mol. The van der Waals surface area contributed by atoms with E-state index in [2.05, 4.69) is 21.1 Å². The smallest absolute Gasteiger partial charge is 0.0780 e. The van der Waals surface area contributed by atoms with E-state index in [-0.39, 0.29) is 0 Å². The Morgan fingerprint density at radius 2 is 0.800 bits per heavy atom. The highest BCUT2D eigenvalue weighted by Crippen LogP contribution is 2.13. The first-order valence-corrected chi connectivity index (χ1v) is 10.8. The fourth-order valence-corrected chi connectivity index (χ4v) is 3.28. The first-order valence-electron chi connectivity index (χ1n) is 9.36. The van der Waals surface area contributed by atoms with Crippen molar-refractivity contribution in [1.29, 1.82) is 0 Å². The first-order chi connectivity index (χ1) is 9.56. The van der Waals surface area contributed by atoms with Crippen molar-refractivity contribution in [3.63, 3.8) is 0 Å². The van der Waals surface area contributed by atoms with Crippen LogP contribution in [-0.2, 0) is 0 Å². The molecule has 0 saturated heterocycles. The average molecular weight is 301 g/mol. The van der Waals surface area contributed by atoms with Gasteiger partial charge in [-0.1, -0.05) is 76.7 Å². The Balaban J connectivity index is 2.99. The Hall–Kier alpha value is 0.177. The summed E-state index contributed by atoms with van der Waals surface area (Å²) in [5.74, 6) is 0. The zero-order chi connectivity index (χ0) is 15.1. The topological polar surface area (TPSA) is 0 Å². The lowest BCUT2D eigenvalue weighted by molar-refractivity contribution is -0.870. The monoisotopic (exact) mass is 300 g/mol. The summed E-state index contributed by atoms with van der Waals surface area (Å²) in [6.07, 6.45) is 19.2. The Bertz CT molecular complexity index is 186. The number of hydrogen-bond acceptors (Lipinski definition) is 0. The SMILES string of the molecule is C[N+](C)(C)CCCCCCCCCCCCCCC[SiH3]. The van der Waals surface area contributed by atoms with Crippen LogP contribution in [0.2, 0.25) is 6.04 Å². The van der Waals surface area contributed by atoms with Crippen LogP contribution < -0.4 is 0 Å². The standard InChI is InChI=1S/C18H42NSi/c1-19(2,3)17-15-13-11-9-7-5-4-6-8-10-12-14-16-18-20/h4-18H2,1-3,20H3/q+1. The summed E-state index contributed by atoms with van der Waals surface area (Å²) in [6.45, 7) is 1.33. The Labute approximate surface area is 132 Å². The van der Waals surface area contributed by atoms with Crippen molar-refractivity contribution in [2.24, 2.45) is 0 Å². The van der Waals surface area contributed by atoms with Crippen molar-refractivity contribution in [1.82, 2.24) is 0 Å². The minimum atomic E-state index is 1.13. The molecule has 0 radical (unpaired) electrons. The van der Waals surface area contributed by atoms with Crippen LogP contribution in [0.5, 0.6) is 0 Å². The number of quaternary nitrogens is 1. The number of nitrogens with zero attached hydrogens (tertiary/aromatic N) is 1. The van der Waals surface area contributed by atoms with E-state index in [0.717, 1.165) is 4.48 Å². The maximum Gasteiger partial charge on any atom is 0.0780 e. The molecule has 0 aliphatic rings. The third-order valence-electron chi connectivity index (χ3n) is 4.18. The van der Waals surface area contributed by atoms with Crippen molar-refractivity contribution in [2.75, 3.05) is 27.7 Å². The van der Waals surface area contributed by atoms with Crippen LogP contribution in [0.25, 0.3) is 0 Å². The molecule has 0 saturated carbocycles. The second-order valence-electron chi connectivity index (χ2n) is 7.61. The van der Waals surface area contributed by atoms with Crippen LogP contribution in [0.4, 0.5) is 0 Å². The molecule has 0 rings (SSSR count).